The molecule has 116 valence electrons. The number of imidazole rings is 1. The van der Waals surface area contributed by atoms with E-state index in [0.717, 1.165) is 29.9 Å². The zero-order valence-electron chi connectivity index (χ0n) is 13.0. The summed E-state index contributed by atoms with van der Waals surface area (Å²) < 4.78 is 2.16. The Morgan fingerprint density at radius 3 is 2.52 bits per heavy atom. The maximum absolute atomic E-state index is 6.37. The summed E-state index contributed by atoms with van der Waals surface area (Å²) in [6.45, 7) is 0. The molecule has 1 aliphatic carbocycles. The van der Waals surface area contributed by atoms with E-state index in [9.17, 15) is 0 Å². The Bertz CT molecular complexity index is 864. The van der Waals surface area contributed by atoms with E-state index < -0.39 is 0 Å². The first-order valence-electron chi connectivity index (χ1n) is 7.75. The van der Waals surface area contributed by atoms with Gasteiger partial charge in [0.1, 0.15) is 5.82 Å². The molecule has 1 saturated carbocycles. The van der Waals surface area contributed by atoms with Crippen molar-refractivity contribution in [1.82, 2.24) is 9.55 Å². The Morgan fingerprint density at radius 2 is 1.87 bits per heavy atom. The first-order valence-corrected chi connectivity index (χ1v) is 8.13. The van der Waals surface area contributed by atoms with Crippen LogP contribution in [0.3, 0.4) is 0 Å². The average Bonchev–Trinajstić information content (AvgIpc) is 3.27. The van der Waals surface area contributed by atoms with Crippen LogP contribution in [0.25, 0.3) is 11.3 Å². The molecular formula is C19H18ClN3. The molecule has 0 aliphatic heterocycles. The SMILES string of the molecule is Cn1c(-c2ccc(N)cc2Cl)cnc1C1(c2ccccc2)CC1. The van der Waals surface area contributed by atoms with Gasteiger partial charge in [-0.2, -0.15) is 0 Å². The van der Waals surface area contributed by atoms with Crippen molar-refractivity contribution in [2.75, 3.05) is 5.73 Å². The van der Waals surface area contributed by atoms with Crippen LogP contribution in [0.2, 0.25) is 5.02 Å². The molecule has 0 radical (unpaired) electrons. The molecule has 4 heteroatoms. The van der Waals surface area contributed by atoms with E-state index in [0.29, 0.717) is 10.7 Å². The molecule has 1 heterocycles. The zero-order valence-corrected chi connectivity index (χ0v) is 13.7. The minimum absolute atomic E-state index is 0.0501. The molecule has 1 fully saturated rings. The molecule has 2 aromatic carbocycles. The summed E-state index contributed by atoms with van der Waals surface area (Å²) >= 11 is 6.37. The lowest BCUT2D eigenvalue weighted by Crippen LogP contribution is -2.15. The molecule has 3 nitrogen and oxygen atoms in total. The van der Waals surface area contributed by atoms with Gasteiger partial charge in [0, 0.05) is 18.3 Å². The molecule has 1 aromatic heterocycles. The Kier molecular flexibility index (Phi) is 3.20. The first kappa shape index (κ1) is 14.3. The van der Waals surface area contributed by atoms with Gasteiger partial charge in [-0.3, -0.25) is 0 Å². The normalized spacial score (nSPS) is 15.6. The number of benzene rings is 2. The van der Waals surface area contributed by atoms with E-state index in [1.165, 1.54) is 5.56 Å². The monoisotopic (exact) mass is 323 g/mol. The number of nitrogens with zero attached hydrogens (tertiary/aromatic N) is 2. The number of nitrogen functional groups attached to an aromatic ring is 1. The number of hydrogen-bond donors (Lipinski definition) is 1. The summed E-state index contributed by atoms with van der Waals surface area (Å²) in [4.78, 5) is 4.74. The van der Waals surface area contributed by atoms with Crippen LogP contribution in [0.4, 0.5) is 5.69 Å². The van der Waals surface area contributed by atoms with Gasteiger partial charge in [0.2, 0.25) is 0 Å². The van der Waals surface area contributed by atoms with Crippen LogP contribution in [0, 0.1) is 0 Å². The second-order valence-corrected chi connectivity index (χ2v) is 6.62. The Labute approximate surface area is 140 Å². The third kappa shape index (κ3) is 2.23. The number of nitrogens with two attached hydrogens (primary N) is 1. The number of halogens is 1. The van der Waals surface area contributed by atoms with E-state index in [1.54, 1.807) is 6.07 Å². The van der Waals surface area contributed by atoms with Gasteiger partial charge in [-0.1, -0.05) is 41.9 Å². The Balaban J connectivity index is 1.80. The number of aromatic nitrogens is 2. The van der Waals surface area contributed by atoms with Crippen LogP contribution in [0.5, 0.6) is 0 Å². The lowest BCUT2D eigenvalue weighted by Gasteiger charge is -2.17. The van der Waals surface area contributed by atoms with Crippen molar-refractivity contribution in [2.24, 2.45) is 7.05 Å². The molecule has 0 atom stereocenters. The molecule has 2 N–H and O–H groups in total. The van der Waals surface area contributed by atoms with Crippen molar-refractivity contribution in [2.45, 2.75) is 18.3 Å². The molecule has 0 unspecified atom stereocenters. The Hall–Kier alpha value is -2.26. The summed E-state index contributed by atoms with van der Waals surface area (Å²) in [5.74, 6) is 1.10. The fourth-order valence-electron chi connectivity index (χ4n) is 3.37. The van der Waals surface area contributed by atoms with Crippen LogP contribution in [0.1, 0.15) is 24.2 Å². The van der Waals surface area contributed by atoms with Crippen molar-refractivity contribution < 1.29 is 0 Å². The summed E-state index contributed by atoms with van der Waals surface area (Å²) in [6.07, 6.45) is 4.18. The molecule has 0 spiro atoms. The smallest absolute Gasteiger partial charge is 0.119 e. The predicted octanol–water partition coefficient (Wildman–Crippen LogP) is 4.40. The molecule has 4 rings (SSSR count). The standard InChI is InChI=1S/C19H18ClN3/c1-23-17(15-8-7-14(21)11-16(15)20)12-22-18(23)19(9-10-19)13-5-3-2-4-6-13/h2-8,11-12H,9-10,21H2,1H3. The highest BCUT2D eigenvalue weighted by atomic mass is 35.5. The summed E-state index contributed by atoms with van der Waals surface area (Å²) in [5.41, 5.74) is 9.84. The van der Waals surface area contributed by atoms with Crippen LogP contribution in [0.15, 0.2) is 54.7 Å². The highest BCUT2D eigenvalue weighted by molar-refractivity contribution is 6.33. The largest absolute Gasteiger partial charge is 0.399 e. The fraction of sp³-hybridized carbons (Fsp3) is 0.211. The second-order valence-electron chi connectivity index (χ2n) is 6.21. The zero-order chi connectivity index (χ0) is 16.0. The lowest BCUT2D eigenvalue weighted by molar-refractivity contribution is 0.697. The van der Waals surface area contributed by atoms with Gasteiger partial charge in [-0.05, 0) is 36.6 Å². The molecular weight excluding hydrogens is 306 g/mol. The van der Waals surface area contributed by atoms with Gasteiger partial charge in [0.05, 0.1) is 22.3 Å². The van der Waals surface area contributed by atoms with Crippen molar-refractivity contribution in [3.63, 3.8) is 0 Å². The predicted molar refractivity (Wildman–Crippen MR) is 94.5 cm³/mol. The topological polar surface area (TPSA) is 43.8 Å². The van der Waals surface area contributed by atoms with E-state index in [-0.39, 0.29) is 5.41 Å². The summed E-state index contributed by atoms with van der Waals surface area (Å²) in [7, 11) is 2.06. The molecule has 0 saturated heterocycles. The maximum atomic E-state index is 6.37. The van der Waals surface area contributed by atoms with Crippen molar-refractivity contribution in [3.05, 3.63) is 71.1 Å². The van der Waals surface area contributed by atoms with E-state index >= 15 is 0 Å². The van der Waals surface area contributed by atoms with Crippen molar-refractivity contribution >= 4 is 17.3 Å². The molecule has 0 amide bonds. The fourth-order valence-corrected chi connectivity index (χ4v) is 3.65. The number of rotatable bonds is 3. The van der Waals surface area contributed by atoms with E-state index in [2.05, 4.69) is 41.9 Å². The highest BCUT2D eigenvalue weighted by Crippen LogP contribution is 2.53. The minimum atomic E-state index is 0.0501. The number of hydrogen-bond acceptors (Lipinski definition) is 2. The molecule has 1 aliphatic rings. The second kappa shape index (κ2) is 5.14. The molecule has 0 bridgehead atoms. The van der Waals surface area contributed by atoms with Gasteiger partial charge < -0.3 is 10.3 Å². The van der Waals surface area contributed by atoms with Crippen LogP contribution >= 0.6 is 11.6 Å². The van der Waals surface area contributed by atoms with Crippen LogP contribution in [-0.2, 0) is 12.5 Å². The average molecular weight is 324 g/mol. The van der Waals surface area contributed by atoms with Crippen LogP contribution < -0.4 is 5.73 Å². The summed E-state index contributed by atoms with van der Waals surface area (Å²) in [6, 6.07) is 16.2. The third-order valence-electron chi connectivity index (χ3n) is 4.76. The van der Waals surface area contributed by atoms with Crippen molar-refractivity contribution in [1.29, 1.82) is 0 Å². The lowest BCUT2D eigenvalue weighted by atomic mass is 9.95. The van der Waals surface area contributed by atoms with Crippen molar-refractivity contribution in [3.8, 4) is 11.3 Å². The van der Waals surface area contributed by atoms with Gasteiger partial charge in [-0.25, -0.2) is 4.98 Å². The van der Waals surface area contributed by atoms with E-state index in [4.69, 9.17) is 22.3 Å². The Morgan fingerprint density at radius 1 is 1.13 bits per heavy atom. The van der Waals surface area contributed by atoms with Gasteiger partial charge in [0.15, 0.2) is 0 Å². The van der Waals surface area contributed by atoms with Gasteiger partial charge in [-0.15, -0.1) is 0 Å². The summed E-state index contributed by atoms with van der Waals surface area (Å²) in [5, 5.41) is 0.657. The van der Waals surface area contributed by atoms with Crippen LogP contribution in [-0.4, -0.2) is 9.55 Å². The first-order chi connectivity index (χ1) is 11.1. The number of anilines is 1. The quantitative estimate of drug-likeness (QED) is 0.726. The highest BCUT2D eigenvalue weighted by Gasteiger charge is 2.49. The molecule has 23 heavy (non-hydrogen) atoms. The molecule has 3 aromatic rings. The minimum Gasteiger partial charge on any atom is -0.399 e. The van der Waals surface area contributed by atoms with Gasteiger partial charge >= 0.3 is 0 Å². The maximum Gasteiger partial charge on any atom is 0.119 e. The third-order valence-corrected chi connectivity index (χ3v) is 5.07. The van der Waals surface area contributed by atoms with E-state index in [1.807, 2.05) is 18.3 Å². The van der Waals surface area contributed by atoms with Gasteiger partial charge in [0.25, 0.3) is 0 Å².